The van der Waals surface area contributed by atoms with E-state index in [0.29, 0.717) is 24.2 Å². The summed E-state index contributed by atoms with van der Waals surface area (Å²) < 4.78 is 4.69. The fraction of sp³-hybridized carbons (Fsp3) is 0.462. The molecule has 2 unspecified atom stereocenters. The van der Waals surface area contributed by atoms with Crippen LogP contribution in [0.3, 0.4) is 0 Å². The Balaban J connectivity index is 2.08. The number of methoxy groups -OCH3 is 1. The largest absolute Gasteiger partial charge is 0.481 e. The molecule has 2 atom stereocenters. The lowest BCUT2D eigenvalue weighted by atomic mass is 10.1. The first-order chi connectivity index (χ1) is 9.11. The van der Waals surface area contributed by atoms with E-state index in [0.717, 1.165) is 6.42 Å². The first kappa shape index (κ1) is 13.3. The number of nitrogens with one attached hydrogen (secondary N) is 1. The number of carbonyl (C=O) groups excluding carboxylic acids is 1. The third-order valence-electron chi connectivity index (χ3n) is 3.34. The molecule has 0 aromatic carbocycles. The number of carboxylic acid groups (broad SMARTS) is 1. The molecule has 1 aliphatic carbocycles. The van der Waals surface area contributed by atoms with Crippen LogP contribution in [0.2, 0.25) is 0 Å². The van der Waals surface area contributed by atoms with Gasteiger partial charge in [0.2, 0.25) is 0 Å². The molecule has 0 bridgehead atoms. The number of pyridine rings is 1. The Bertz CT molecular complexity index is 489. The molecule has 2 rings (SSSR count). The van der Waals surface area contributed by atoms with Crippen LogP contribution < -0.4 is 5.32 Å². The van der Waals surface area contributed by atoms with Gasteiger partial charge in [-0.3, -0.25) is 4.79 Å². The minimum Gasteiger partial charge on any atom is -0.481 e. The van der Waals surface area contributed by atoms with Gasteiger partial charge in [-0.1, -0.05) is 0 Å². The van der Waals surface area contributed by atoms with Crippen molar-refractivity contribution in [1.82, 2.24) is 4.98 Å². The minimum absolute atomic E-state index is 0.0272. The molecule has 6 heteroatoms. The van der Waals surface area contributed by atoms with Gasteiger partial charge in [0.15, 0.2) is 0 Å². The number of esters is 1. The fourth-order valence-electron chi connectivity index (χ4n) is 2.33. The maximum absolute atomic E-state index is 11.6. The Kier molecular flexibility index (Phi) is 3.99. The van der Waals surface area contributed by atoms with Crippen molar-refractivity contribution < 1.29 is 19.4 Å². The Morgan fingerprint density at radius 1 is 1.47 bits per heavy atom. The maximum atomic E-state index is 11.6. The summed E-state index contributed by atoms with van der Waals surface area (Å²) in [5.74, 6) is -1.09. The van der Waals surface area contributed by atoms with Crippen molar-refractivity contribution in [1.29, 1.82) is 0 Å². The highest BCUT2D eigenvalue weighted by molar-refractivity contribution is 5.94. The van der Waals surface area contributed by atoms with Crippen molar-refractivity contribution in [3.05, 3.63) is 23.9 Å². The van der Waals surface area contributed by atoms with Crippen molar-refractivity contribution in [2.75, 3.05) is 12.4 Å². The fourth-order valence-corrected chi connectivity index (χ4v) is 2.33. The second kappa shape index (κ2) is 5.69. The van der Waals surface area contributed by atoms with Crippen molar-refractivity contribution in [3.8, 4) is 0 Å². The molecule has 1 heterocycles. The smallest absolute Gasteiger partial charge is 0.341 e. The first-order valence-corrected chi connectivity index (χ1v) is 6.14. The van der Waals surface area contributed by atoms with E-state index >= 15 is 0 Å². The lowest BCUT2D eigenvalue weighted by molar-refractivity contribution is -0.141. The number of nitrogens with zero attached hydrogens (tertiary/aromatic N) is 1. The monoisotopic (exact) mass is 264 g/mol. The van der Waals surface area contributed by atoms with Crippen LogP contribution in [0, 0.1) is 5.92 Å². The molecule has 1 fully saturated rings. The van der Waals surface area contributed by atoms with Crippen molar-refractivity contribution in [2.24, 2.45) is 5.92 Å². The molecule has 1 saturated carbocycles. The van der Waals surface area contributed by atoms with E-state index in [-0.39, 0.29) is 12.0 Å². The second-order valence-corrected chi connectivity index (χ2v) is 4.58. The Morgan fingerprint density at radius 2 is 2.26 bits per heavy atom. The van der Waals surface area contributed by atoms with Crippen LogP contribution in [0.1, 0.15) is 29.6 Å². The number of rotatable bonds is 4. The average Bonchev–Trinajstić information content (AvgIpc) is 2.87. The summed E-state index contributed by atoms with van der Waals surface area (Å²) in [6, 6.07) is 3.32. The molecule has 2 N–H and O–H groups in total. The van der Waals surface area contributed by atoms with Gasteiger partial charge in [0, 0.05) is 12.2 Å². The molecule has 1 aromatic heterocycles. The summed E-state index contributed by atoms with van der Waals surface area (Å²) in [4.78, 5) is 26.6. The number of aromatic nitrogens is 1. The van der Waals surface area contributed by atoms with Gasteiger partial charge in [-0.05, 0) is 31.4 Å². The Labute approximate surface area is 110 Å². The number of hydrogen-bond donors (Lipinski definition) is 2. The highest BCUT2D eigenvalue weighted by Gasteiger charge is 2.30. The SMILES string of the molecule is COC(=O)c1cccnc1NC1CCC(C(=O)O)C1. The Morgan fingerprint density at radius 3 is 2.89 bits per heavy atom. The number of anilines is 1. The second-order valence-electron chi connectivity index (χ2n) is 4.58. The summed E-state index contributed by atoms with van der Waals surface area (Å²) in [5.41, 5.74) is 0.365. The molecule has 0 radical (unpaired) electrons. The van der Waals surface area contributed by atoms with Crippen LogP contribution in [-0.2, 0) is 9.53 Å². The van der Waals surface area contributed by atoms with Gasteiger partial charge in [-0.15, -0.1) is 0 Å². The van der Waals surface area contributed by atoms with Crippen molar-refractivity contribution in [3.63, 3.8) is 0 Å². The molecular weight excluding hydrogens is 248 g/mol. The lowest BCUT2D eigenvalue weighted by Gasteiger charge is -2.15. The Hall–Kier alpha value is -2.11. The maximum Gasteiger partial charge on any atom is 0.341 e. The van der Waals surface area contributed by atoms with Gasteiger partial charge in [-0.25, -0.2) is 9.78 Å². The zero-order chi connectivity index (χ0) is 13.8. The summed E-state index contributed by atoms with van der Waals surface area (Å²) in [6.07, 6.45) is 3.53. The van der Waals surface area contributed by atoms with Crippen LogP contribution in [0.15, 0.2) is 18.3 Å². The van der Waals surface area contributed by atoms with Crippen LogP contribution in [0.25, 0.3) is 0 Å². The molecule has 0 spiro atoms. The molecule has 1 aromatic rings. The van der Waals surface area contributed by atoms with E-state index in [1.54, 1.807) is 18.3 Å². The topological polar surface area (TPSA) is 88.5 Å². The van der Waals surface area contributed by atoms with Crippen LogP contribution in [0.4, 0.5) is 5.82 Å². The van der Waals surface area contributed by atoms with E-state index in [1.807, 2.05) is 0 Å². The molecule has 6 nitrogen and oxygen atoms in total. The first-order valence-electron chi connectivity index (χ1n) is 6.14. The number of ether oxygens (including phenoxy) is 1. The van der Waals surface area contributed by atoms with Gasteiger partial charge in [0.25, 0.3) is 0 Å². The lowest BCUT2D eigenvalue weighted by Crippen LogP contribution is -2.20. The summed E-state index contributed by atoms with van der Waals surface area (Å²) in [5, 5.41) is 12.1. The highest BCUT2D eigenvalue weighted by atomic mass is 16.5. The molecular formula is C13H16N2O4. The third kappa shape index (κ3) is 3.01. The summed E-state index contributed by atoms with van der Waals surface area (Å²) in [7, 11) is 1.31. The molecule has 19 heavy (non-hydrogen) atoms. The van der Waals surface area contributed by atoms with Gasteiger partial charge in [-0.2, -0.15) is 0 Å². The zero-order valence-corrected chi connectivity index (χ0v) is 10.6. The summed E-state index contributed by atoms with van der Waals surface area (Å²) >= 11 is 0. The van der Waals surface area contributed by atoms with Gasteiger partial charge in [0.1, 0.15) is 11.4 Å². The summed E-state index contributed by atoms with van der Waals surface area (Å²) in [6.45, 7) is 0. The number of carbonyl (C=O) groups is 2. The predicted molar refractivity (Wildman–Crippen MR) is 68.0 cm³/mol. The number of aliphatic carboxylic acids is 1. The quantitative estimate of drug-likeness (QED) is 0.802. The van der Waals surface area contributed by atoms with E-state index in [1.165, 1.54) is 7.11 Å². The van der Waals surface area contributed by atoms with Gasteiger partial charge >= 0.3 is 11.9 Å². The predicted octanol–water partition coefficient (Wildman–Crippen LogP) is 1.53. The number of hydrogen-bond acceptors (Lipinski definition) is 5. The van der Waals surface area contributed by atoms with Crippen LogP contribution >= 0.6 is 0 Å². The highest BCUT2D eigenvalue weighted by Crippen LogP contribution is 2.28. The van der Waals surface area contributed by atoms with Crippen LogP contribution in [-0.4, -0.2) is 35.2 Å². The van der Waals surface area contributed by atoms with Crippen LogP contribution in [0.5, 0.6) is 0 Å². The minimum atomic E-state index is -0.765. The zero-order valence-electron chi connectivity index (χ0n) is 10.6. The molecule has 0 saturated heterocycles. The molecule has 102 valence electrons. The van der Waals surface area contributed by atoms with Gasteiger partial charge < -0.3 is 15.2 Å². The average molecular weight is 264 g/mol. The molecule has 0 aliphatic heterocycles. The molecule has 0 amide bonds. The standard InChI is InChI=1S/C13H16N2O4/c1-19-13(18)10-3-2-6-14-11(10)15-9-5-4-8(7-9)12(16)17/h2-3,6,8-9H,4-5,7H2,1H3,(H,14,15)(H,16,17). The van der Waals surface area contributed by atoms with E-state index in [9.17, 15) is 9.59 Å². The van der Waals surface area contributed by atoms with E-state index in [4.69, 9.17) is 5.11 Å². The molecule has 1 aliphatic rings. The van der Waals surface area contributed by atoms with E-state index < -0.39 is 11.9 Å². The van der Waals surface area contributed by atoms with Crippen molar-refractivity contribution >= 4 is 17.8 Å². The number of carboxylic acids is 1. The van der Waals surface area contributed by atoms with Crippen molar-refractivity contribution in [2.45, 2.75) is 25.3 Å². The normalized spacial score (nSPS) is 21.9. The van der Waals surface area contributed by atoms with E-state index in [2.05, 4.69) is 15.0 Å². The third-order valence-corrected chi connectivity index (χ3v) is 3.34. The van der Waals surface area contributed by atoms with Gasteiger partial charge in [0.05, 0.1) is 13.0 Å².